The summed E-state index contributed by atoms with van der Waals surface area (Å²) in [5, 5.41) is 0. The second-order valence-corrected chi connectivity index (χ2v) is 10.7. The lowest BCUT2D eigenvalue weighted by molar-refractivity contribution is -0.226. The molecule has 1 aromatic carbocycles. The molecule has 0 N–H and O–H groups in total. The van der Waals surface area contributed by atoms with Gasteiger partial charge in [0.15, 0.2) is 17.9 Å². The highest BCUT2D eigenvalue weighted by atomic mass is 16.9. The van der Waals surface area contributed by atoms with Gasteiger partial charge in [0.05, 0.1) is 29.7 Å². The first kappa shape index (κ1) is 21.2. The fraction of sp³-hybridized carbons (Fsp3) is 0.600. The molecule has 6 aliphatic rings. The van der Waals surface area contributed by atoms with Crippen molar-refractivity contribution in [2.45, 2.75) is 82.2 Å². The lowest BCUT2D eigenvalue weighted by atomic mass is 9.77. The number of hydrogen-bond acceptors (Lipinski definition) is 8. The second-order valence-electron chi connectivity index (χ2n) is 10.7. The Balaban J connectivity index is 1.22. The van der Waals surface area contributed by atoms with Gasteiger partial charge in [-0.3, -0.25) is 9.59 Å². The van der Waals surface area contributed by atoms with E-state index in [1.54, 1.807) is 12.1 Å². The number of rotatable bonds is 2. The summed E-state index contributed by atoms with van der Waals surface area (Å²) in [4.78, 5) is 28.0. The molecule has 0 unspecified atom stereocenters. The summed E-state index contributed by atoms with van der Waals surface area (Å²) in [6.45, 7) is 7.39. The van der Waals surface area contributed by atoms with Gasteiger partial charge in [-0.25, -0.2) is 4.90 Å². The minimum Gasteiger partial charge on any atom is -0.365 e. The van der Waals surface area contributed by atoms with Crippen molar-refractivity contribution >= 4 is 17.5 Å². The number of imide groups is 1. The first-order valence-corrected chi connectivity index (χ1v) is 11.8. The Hall–Kier alpha value is -2.14. The molecule has 5 fully saturated rings. The molecule has 7 rings (SSSR count). The predicted molar refractivity (Wildman–Crippen MR) is 115 cm³/mol. The van der Waals surface area contributed by atoms with E-state index in [1.165, 1.54) is 4.90 Å². The van der Waals surface area contributed by atoms with Crippen molar-refractivity contribution in [2.24, 2.45) is 11.8 Å². The second kappa shape index (κ2) is 6.75. The van der Waals surface area contributed by atoms with Crippen LogP contribution in [0.15, 0.2) is 42.0 Å². The zero-order valence-corrected chi connectivity index (χ0v) is 19.4. The molecule has 180 valence electrons. The average molecular weight is 469 g/mol. The fourth-order valence-corrected chi connectivity index (χ4v) is 6.40. The number of carbonyl (C=O) groups excluding carboxylic acids is 2. The van der Waals surface area contributed by atoms with Crippen molar-refractivity contribution in [1.29, 1.82) is 0 Å². The first-order valence-electron chi connectivity index (χ1n) is 11.8. The molecule has 34 heavy (non-hydrogen) atoms. The van der Waals surface area contributed by atoms with E-state index < -0.39 is 66.3 Å². The van der Waals surface area contributed by atoms with Crippen LogP contribution in [0.25, 0.3) is 0 Å². The Kier molecular flexibility index (Phi) is 4.20. The third kappa shape index (κ3) is 2.82. The average Bonchev–Trinajstić information content (AvgIpc) is 3.54. The summed E-state index contributed by atoms with van der Waals surface area (Å²) in [7, 11) is 0. The fourth-order valence-electron chi connectivity index (χ4n) is 6.40. The molecule has 0 aromatic heterocycles. The van der Waals surface area contributed by atoms with Gasteiger partial charge in [-0.2, -0.15) is 0 Å². The van der Waals surface area contributed by atoms with Gasteiger partial charge < -0.3 is 28.4 Å². The van der Waals surface area contributed by atoms with Crippen molar-refractivity contribution in [3.8, 4) is 0 Å². The molecule has 6 heterocycles. The Morgan fingerprint density at radius 1 is 0.735 bits per heavy atom. The van der Waals surface area contributed by atoms with Crippen molar-refractivity contribution in [1.82, 2.24) is 0 Å². The minimum absolute atomic E-state index is 0.220. The quantitative estimate of drug-likeness (QED) is 0.479. The van der Waals surface area contributed by atoms with Crippen LogP contribution in [0.1, 0.15) is 27.7 Å². The molecule has 9 atom stereocenters. The molecule has 0 radical (unpaired) electrons. The van der Waals surface area contributed by atoms with Gasteiger partial charge >= 0.3 is 0 Å². The van der Waals surface area contributed by atoms with E-state index in [4.69, 9.17) is 28.4 Å². The third-order valence-corrected chi connectivity index (χ3v) is 7.56. The molecule has 2 bridgehead atoms. The zero-order valence-electron chi connectivity index (χ0n) is 19.4. The van der Waals surface area contributed by atoms with Gasteiger partial charge in [-0.1, -0.05) is 24.3 Å². The number of benzene rings is 1. The lowest BCUT2D eigenvalue weighted by Gasteiger charge is -2.39. The highest BCUT2D eigenvalue weighted by molar-refractivity contribution is 6.23. The predicted octanol–water partition coefficient (Wildman–Crippen LogP) is 1.90. The zero-order chi connectivity index (χ0) is 23.6. The summed E-state index contributed by atoms with van der Waals surface area (Å²) in [6, 6.07) is 9.03. The molecule has 0 aliphatic carbocycles. The minimum atomic E-state index is -0.827. The topological polar surface area (TPSA) is 92.8 Å². The van der Waals surface area contributed by atoms with Gasteiger partial charge in [0.2, 0.25) is 11.8 Å². The van der Waals surface area contributed by atoms with Gasteiger partial charge in [0, 0.05) is 0 Å². The van der Waals surface area contributed by atoms with E-state index in [9.17, 15) is 9.59 Å². The maximum atomic E-state index is 13.5. The number of anilines is 1. The SMILES string of the molecule is CC1(C)O[C@H]2[C@@H](O1)[C@H](C1=C[C@H]3O[C@@H]1[C@@H]1C(=O)N(c4ccccc4)C(=O)[C@@H]13)O[C@@H]1OC(C)(C)O[C@@H]12. The number of nitrogens with zero attached hydrogens (tertiary/aromatic N) is 1. The molecule has 6 aliphatic heterocycles. The first-order chi connectivity index (χ1) is 16.1. The summed E-state index contributed by atoms with van der Waals surface area (Å²) in [6.07, 6.45) is -1.60. The van der Waals surface area contributed by atoms with Crippen LogP contribution in [0, 0.1) is 11.8 Å². The number of amides is 2. The maximum absolute atomic E-state index is 13.5. The van der Waals surface area contributed by atoms with Crippen LogP contribution < -0.4 is 4.90 Å². The molecule has 1 aromatic rings. The van der Waals surface area contributed by atoms with E-state index in [2.05, 4.69) is 0 Å². The van der Waals surface area contributed by atoms with Crippen LogP contribution in [0.2, 0.25) is 0 Å². The number of fused-ring (bicyclic) bond motifs is 8. The Morgan fingerprint density at radius 2 is 1.38 bits per heavy atom. The maximum Gasteiger partial charge on any atom is 0.240 e. The smallest absolute Gasteiger partial charge is 0.240 e. The van der Waals surface area contributed by atoms with Crippen molar-refractivity contribution in [3.63, 3.8) is 0 Å². The molecule has 2 amide bonds. The summed E-state index contributed by atoms with van der Waals surface area (Å²) in [5.41, 5.74) is 1.39. The number of carbonyl (C=O) groups is 2. The van der Waals surface area contributed by atoms with Crippen LogP contribution in [0.3, 0.4) is 0 Å². The van der Waals surface area contributed by atoms with Crippen molar-refractivity contribution in [2.75, 3.05) is 4.90 Å². The molecular formula is C25H27NO8. The van der Waals surface area contributed by atoms with Gasteiger partial charge in [-0.15, -0.1) is 0 Å². The van der Waals surface area contributed by atoms with Crippen LogP contribution in [0.4, 0.5) is 5.69 Å². The van der Waals surface area contributed by atoms with Crippen molar-refractivity contribution < 1.29 is 38.0 Å². The standard InChI is InChI=1S/C25H27NO8/c1-24(2)31-18-17(30-23-20(19(18)32-24)33-25(3,4)34-23)12-10-13-14-15(16(12)29-13)22(28)26(21(14)27)11-8-6-5-7-9-11/h5-10,13-20,23H,1-4H3/t13-,14-,15-,16+,17+,18+,19+,20-,23-/m1/s1. The van der Waals surface area contributed by atoms with E-state index in [0.29, 0.717) is 5.69 Å². The highest BCUT2D eigenvalue weighted by Gasteiger charge is 2.67. The number of para-hydroxylation sites is 1. The molecule has 0 saturated carbocycles. The monoisotopic (exact) mass is 469 g/mol. The molecule has 5 saturated heterocycles. The van der Waals surface area contributed by atoms with Gasteiger partial charge in [0.25, 0.3) is 0 Å². The van der Waals surface area contributed by atoms with Crippen LogP contribution >= 0.6 is 0 Å². The highest BCUT2D eigenvalue weighted by Crippen LogP contribution is 2.53. The van der Waals surface area contributed by atoms with E-state index in [1.807, 2.05) is 52.0 Å². The molecule has 9 heteroatoms. The van der Waals surface area contributed by atoms with E-state index in [0.717, 1.165) is 5.57 Å². The Bertz CT molecular complexity index is 1100. The molecule has 0 spiro atoms. The van der Waals surface area contributed by atoms with Crippen molar-refractivity contribution in [3.05, 3.63) is 42.0 Å². The lowest BCUT2D eigenvalue weighted by Crippen LogP contribution is -2.56. The Morgan fingerprint density at radius 3 is 2.15 bits per heavy atom. The molecular weight excluding hydrogens is 442 g/mol. The van der Waals surface area contributed by atoms with Crippen LogP contribution in [-0.4, -0.2) is 66.3 Å². The van der Waals surface area contributed by atoms with Crippen LogP contribution in [-0.2, 0) is 38.0 Å². The summed E-state index contributed by atoms with van der Waals surface area (Å²) < 4.78 is 37.2. The summed E-state index contributed by atoms with van der Waals surface area (Å²) in [5.74, 6) is -3.23. The molecule has 9 nitrogen and oxygen atoms in total. The van der Waals surface area contributed by atoms with Crippen LogP contribution in [0.5, 0.6) is 0 Å². The number of ether oxygens (including phenoxy) is 6. The summed E-state index contributed by atoms with van der Waals surface area (Å²) >= 11 is 0. The largest absolute Gasteiger partial charge is 0.365 e. The normalized spacial score (nSPS) is 45.4. The number of hydrogen-bond donors (Lipinski definition) is 0. The van der Waals surface area contributed by atoms with E-state index >= 15 is 0 Å². The third-order valence-electron chi connectivity index (χ3n) is 7.56. The Labute approximate surface area is 196 Å². The van der Waals surface area contributed by atoms with Gasteiger partial charge in [-0.05, 0) is 45.4 Å². The van der Waals surface area contributed by atoms with E-state index in [-0.39, 0.29) is 11.8 Å². The van der Waals surface area contributed by atoms with Gasteiger partial charge in [0.1, 0.15) is 24.4 Å².